The topological polar surface area (TPSA) is 105 Å². The molecule has 2 N–H and O–H groups in total. The highest BCUT2D eigenvalue weighted by molar-refractivity contribution is 8.01. The number of sulfonamides is 1. The SMILES string of the molecule is CCOc1ccc(NC(=O)CC2Sc3ccc(Cl)cc3NC2=O)cc1S(=O)(=O)N(C)C. The largest absolute Gasteiger partial charge is 0.492 e. The molecule has 0 fully saturated rings. The number of nitrogens with zero attached hydrogens (tertiary/aromatic N) is 1. The molecular weight excluding hydrogens is 462 g/mol. The van der Waals surface area contributed by atoms with Crippen LogP contribution in [0.25, 0.3) is 0 Å². The monoisotopic (exact) mass is 483 g/mol. The van der Waals surface area contributed by atoms with E-state index >= 15 is 0 Å². The third-order valence-electron chi connectivity index (χ3n) is 4.42. The van der Waals surface area contributed by atoms with E-state index in [9.17, 15) is 18.0 Å². The Morgan fingerprint density at radius 1 is 1.26 bits per heavy atom. The Hall–Kier alpha value is -2.27. The number of halogens is 1. The second-order valence-corrected chi connectivity index (χ2v) is 10.7. The van der Waals surface area contributed by atoms with Crippen LogP contribution in [-0.2, 0) is 19.6 Å². The summed E-state index contributed by atoms with van der Waals surface area (Å²) in [5, 5.41) is 5.31. The van der Waals surface area contributed by atoms with Gasteiger partial charge in [0.25, 0.3) is 0 Å². The highest BCUT2D eigenvalue weighted by Crippen LogP contribution is 2.38. The number of rotatable bonds is 7. The van der Waals surface area contributed by atoms with Crippen molar-refractivity contribution in [3.05, 3.63) is 41.4 Å². The number of ether oxygens (including phenoxy) is 1. The molecule has 166 valence electrons. The van der Waals surface area contributed by atoms with Gasteiger partial charge in [-0.3, -0.25) is 9.59 Å². The number of nitrogens with one attached hydrogen (secondary N) is 2. The first-order valence-corrected chi connectivity index (χ1v) is 12.1. The molecule has 0 saturated heterocycles. The Balaban J connectivity index is 1.76. The van der Waals surface area contributed by atoms with Gasteiger partial charge in [-0.2, -0.15) is 0 Å². The molecule has 2 aromatic rings. The maximum absolute atomic E-state index is 12.6. The lowest BCUT2D eigenvalue weighted by Gasteiger charge is -2.24. The fourth-order valence-corrected chi connectivity index (χ4v) is 5.21. The number of fused-ring (bicyclic) bond motifs is 1. The summed E-state index contributed by atoms with van der Waals surface area (Å²) >= 11 is 7.23. The summed E-state index contributed by atoms with van der Waals surface area (Å²) < 4.78 is 31.8. The zero-order chi connectivity index (χ0) is 22.8. The number of hydrogen-bond acceptors (Lipinski definition) is 6. The molecule has 1 heterocycles. The first-order chi connectivity index (χ1) is 14.6. The number of amides is 2. The lowest BCUT2D eigenvalue weighted by molar-refractivity contribution is -0.120. The average molecular weight is 484 g/mol. The minimum Gasteiger partial charge on any atom is -0.492 e. The van der Waals surface area contributed by atoms with Gasteiger partial charge in [-0.15, -0.1) is 11.8 Å². The van der Waals surface area contributed by atoms with Crippen LogP contribution in [0.15, 0.2) is 46.2 Å². The molecule has 1 aliphatic heterocycles. The van der Waals surface area contributed by atoms with E-state index in [4.69, 9.17) is 16.3 Å². The summed E-state index contributed by atoms with van der Waals surface area (Å²) in [6.07, 6.45) is -0.0818. The Bertz CT molecular complexity index is 1120. The molecule has 31 heavy (non-hydrogen) atoms. The number of anilines is 2. The van der Waals surface area contributed by atoms with Gasteiger partial charge in [-0.25, -0.2) is 12.7 Å². The maximum atomic E-state index is 12.6. The van der Waals surface area contributed by atoms with Gasteiger partial charge < -0.3 is 15.4 Å². The Morgan fingerprint density at radius 2 is 2.00 bits per heavy atom. The Labute approximate surface area is 190 Å². The summed E-state index contributed by atoms with van der Waals surface area (Å²) in [7, 11) is -0.949. The van der Waals surface area contributed by atoms with Crippen molar-refractivity contribution in [2.45, 2.75) is 28.4 Å². The normalized spacial score (nSPS) is 15.9. The highest BCUT2D eigenvalue weighted by atomic mass is 35.5. The average Bonchev–Trinajstić information content (AvgIpc) is 2.69. The molecule has 0 saturated carbocycles. The number of carbonyl (C=O) groups is 2. The van der Waals surface area contributed by atoms with Crippen LogP contribution in [0, 0.1) is 0 Å². The Morgan fingerprint density at radius 3 is 2.68 bits per heavy atom. The van der Waals surface area contributed by atoms with Gasteiger partial charge in [0.15, 0.2) is 0 Å². The summed E-state index contributed by atoms with van der Waals surface area (Å²) in [6.45, 7) is 2.04. The number of hydrogen-bond donors (Lipinski definition) is 2. The van der Waals surface area contributed by atoms with Gasteiger partial charge >= 0.3 is 0 Å². The van der Waals surface area contributed by atoms with Gasteiger partial charge in [-0.05, 0) is 43.3 Å². The van der Waals surface area contributed by atoms with Crippen LogP contribution in [0.3, 0.4) is 0 Å². The fraction of sp³-hybridized carbons (Fsp3) is 0.300. The molecule has 1 aliphatic rings. The zero-order valence-electron chi connectivity index (χ0n) is 17.1. The zero-order valence-corrected chi connectivity index (χ0v) is 19.5. The third-order valence-corrected chi connectivity index (χ3v) is 7.76. The van der Waals surface area contributed by atoms with Crippen molar-refractivity contribution >= 4 is 56.6 Å². The molecule has 3 rings (SSSR count). The summed E-state index contributed by atoms with van der Waals surface area (Å²) in [6, 6.07) is 9.57. The van der Waals surface area contributed by atoms with Crippen molar-refractivity contribution in [2.24, 2.45) is 0 Å². The highest BCUT2D eigenvalue weighted by Gasteiger charge is 2.29. The van der Waals surface area contributed by atoms with Crippen molar-refractivity contribution in [1.29, 1.82) is 0 Å². The molecule has 11 heteroatoms. The van der Waals surface area contributed by atoms with Crippen molar-refractivity contribution in [1.82, 2.24) is 4.31 Å². The quantitative estimate of drug-likeness (QED) is 0.625. The smallest absolute Gasteiger partial charge is 0.246 e. The summed E-state index contributed by atoms with van der Waals surface area (Å²) in [5.41, 5.74) is 0.909. The molecular formula is C20H22ClN3O5S2. The van der Waals surface area contributed by atoms with Gasteiger partial charge in [-0.1, -0.05) is 11.6 Å². The maximum Gasteiger partial charge on any atom is 0.246 e. The minimum absolute atomic E-state index is 0.0484. The molecule has 0 aromatic heterocycles. The second-order valence-electron chi connectivity index (χ2n) is 6.87. The van der Waals surface area contributed by atoms with E-state index in [2.05, 4.69) is 10.6 Å². The van der Waals surface area contributed by atoms with Crippen molar-refractivity contribution in [3.8, 4) is 5.75 Å². The lowest BCUT2D eigenvalue weighted by atomic mass is 10.2. The predicted octanol–water partition coefficient (Wildman–Crippen LogP) is 3.43. The van der Waals surface area contributed by atoms with Crippen LogP contribution in [-0.4, -0.2) is 50.5 Å². The number of thioether (sulfide) groups is 1. The fourth-order valence-electron chi connectivity index (χ4n) is 2.90. The molecule has 0 radical (unpaired) electrons. The van der Waals surface area contributed by atoms with Crippen LogP contribution in [0.1, 0.15) is 13.3 Å². The van der Waals surface area contributed by atoms with E-state index in [0.29, 0.717) is 23.0 Å². The third kappa shape index (κ3) is 5.32. The van der Waals surface area contributed by atoms with Gasteiger partial charge in [0, 0.05) is 36.1 Å². The molecule has 0 bridgehead atoms. The van der Waals surface area contributed by atoms with Gasteiger partial charge in [0.1, 0.15) is 10.6 Å². The van der Waals surface area contributed by atoms with Crippen LogP contribution in [0.5, 0.6) is 5.75 Å². The van der Waals surface area contributed by atoms with Crippen molar-refractivity contribution in [2.75, 3.05) is 31.3 Å². The van der Waals surface area contributed by atoms with Crippen molar-refractivity contribution < 1.29 is 22.7 Å². The minimum atomic E-state index is -3.78. The molecule has 2 aromatic carbocycles. The molecule has 0 spiro atoms. The van der Waals surface area contributed by atoms with E-state index in [1.165, 1.54) is 38.0 Å². The van der Waals surface area contributed by atoms with Crippen LogP contribution < -0.4 is 15.4 Å². The van der Waals surface area contributed by atoms with E-state index < -0.39 is 21.2 Å². The summed E-state index contributed by atoms with van der Waals surface area (Å²) in [5.74, 6) is -0.508. The van der Waals surface area contributed by atoms with Crippen LogP contribution in [0.4, 0.5) is 11.4 Å². The second kappa shape index (κ2) is 9.47. The first-order valence-electron chi connectivity index (χ1n) is 9.38. The Kier molecular flexibility index (Phi) is 7.15. The molecule has 1 unspecified atom stereocenters. The van der Waals surface area contributed by atoms with E-state index in [-0.39, 0.29) is 23.0 Å². The first kappa shape index (κ1) is 23.4. The van der Waals surface area contributed by atoms with Gasteiger partial charge in [0.05, 0.1) is 17.5 Å². The van der Waals surface area contributed by atoms with Crippen LogP contribution in [0.2, 0.25) is 5.02 Å². The lowest BCUT2D eigenvalue weighted by Crippen LogP contribution is -2.32. The predicted molar refractivity (Wildman–Crippen MR) is 121 cm³/mol. The molecule has 1 atom stereocenters. The number of benzene rings is 2. The van der Waals surface area contributed by atoms with Crippen molar-refractivity contribution in [3.63, 3.8) is 0 Å². The molecule has 8 nitrogen and oxygen atoms in total. The summed E-state index contributed by atoms with van der Waals surface area (Å²) in [4.78, 5) is 25.7. The standard InChI is InChI=1S/C20H22ClN3O5S2/c1-4-29-15-7-6-13(10-18(15)31(27,28)24(2)3)22-19(25)11-17-20(26)23-14-9-12(21)5-8-16(14)30-17/h5-10,17H,4,11H2,1-3H3,(H,22,25)(H,23,26). The van der Waals surface area contributed by atoms with E-state index in [0.717, 1.165) is 9.20 Å². The molecule has 0 aliphatic carbocycles. The molecule has 2 amide bonds. The van der Waals surface area contributed by atoms with E-state index in [1.807, 2.05) is 0 Å². The van der Waals surface area contributed by atoms with Crippen LogP contribution >= 0.6 is 23.4 Å². The number of carbonyl (C=O) groups excluding carboxylic acids is 2. The van der Waals surface area contributed by atoms with E-state index in [1.54, 1.807) is 31.2 Å². The van der Waals surface area contributed by atoms with Gasteiger partial charge in [0.2, 0.25) is 21.8 Å².